The number of ether oxygens (including phenoxy) is 1. The molecule has 1 aliphatic carbocycles. The molecule has 1 atom stereocenters. The Morgan fingerprint density at radius 1 is 1.17 bits per heavy atom. The molecule has 35 heavy (non-hydrogen) atoms. The molecule has 2 N–H and O–H groups in total. The molecule has 0 spiro atoms. The van der Waals surface area contributed by atoms with Gasteiger partial charge in [0, 0.05) is 40.5 Å². The number of anilines is 1. The number of carbonyl (C=O) groups excluding carboxylic acids is 2. The highest BCUT2D eigenvalue weighted by Gasteiger charge is 2.46. The Morgan fingerprint density at radius 3 is 2.37 bits per heavy atom. The van der Waals surface area contributed by atoms with Crippen LogP contribution in [0.2, 0.25) is 5.02 Å². The Labute approximate surface area is 208 Å². The van der Waals surface area contributed by atoms with Crippen LogP contribution < -0.4 is 10.6 Å². The van der Waals surface area contributed by atoms with Crippen LogP contribution in [0.15, 0.2) is 71.2 Å². The molecule has 4 rings (SSSR count). The van der Waals surface area contributed by atoms with Crippen LogP contribution in [-0.2, 0) is 14.3 Å². The van der Waals surface area contributed by atoms with E-state index in [1.54, 1.807) is 48.2 Å². The fourth-order valence-electron chi connectivity index (χ4n) is 4.83. The van der Waals surface area contributed by atoms with Gasteiger partial charge in [-0.3, -0.25) is 19.8 Å². The first kappa shape index (κ1) is 24.5. The van der Waals surface area contributed by atoms with Crippen LogP contribution in [0.4, 0.5) is 11.4 Å². The van der Waals surface area contributed by atoms with Crippen molar-refractivity contribution in [2.75, 3.05) is 11.5 Å². The van der Waals surface area contributed by atoms with Crippen LogP contribution in [0.3, 0.4) is 0 Å². The zero-order valence-corrected chi connectivity index (χ0v) is 20.5. The molecule has 1 aliphatic heterocycles. The van der Waals surface area contributed by atoms with Gasteiger partial charge in [0.05, 0.1) is 23.0 Å². The summed E-state index contributed by atoms with van der Waals surface area (Å²) in [4.78, 5) is 39.2. The number of esters is 1. The summed E-state index contributed by atoms with van der Waals surface area (Å²) in [5.74, 6) is -1.31. The lowest BCUT2D eigenvalue weighted by Gasteiger charge is -2.44. The number of nitrogens with zero attached hydrogens (tertiary/aromatic N) is 2. The van der Waals surface area contributed by atoms with E-state index in [1.807, 2.05) is 13.8 Å². The molecule has 0 fully saturated rings. The van der Waals surface area contributed by atoms with Gasteiger partial charge in [0.2, 0.25) is 0 Å². The second kappa shape index (κ2) is 9.19. The molecule has 2 aliphatic rings. The topological polar surface area (TPSA) is 116 Å². The van der Waals surface area contributed by atoms with Gasteiger partial charge in [0.25, 0.3) is 5.69 Å². The Morgan fingerprint density at radius 2 is 1.80 bits per heavy atom. The maximum Gasteiger partial charge on any atom is 0.338 e. The number of hydrogen-bond acceptors (Lipinski definition) is 7. The predicted octanol–water partition coefficient (Wildman–Crippen LogP) is 5.23. The smallest absolute Gasteiger partial charge is 0.338 e. The molecule has 1 heterocycles. The lowest BCUT2D eigenvalue weighted by molar-refractivity contribution is -0.384. The minimum Gasteiger partial charge on any atom is -0.463 e. The standard InChI is InChI=1S/C26H26ClN3O5/c1-4-35-25(32)23-21(15-5-7-16(27)8-6-15)22-19(13-26(2,3)14-20(22)31)29(24(23)28)17-9-11-18(12-10-17)30(33)34/h5-12,21H,4,13-14,28H2,1-3H3. The molecule has 8 nitrogen and oxygen atoms in total. The van der Waals surface area contributed by atoms with Crippen LogP contribution in [0.1, 0.15) is 45.1 Å². The van der Waals surface area contributed by atoms with Gasteiger partial charge < -0.3 is 10.5 Å². The lowest BCUT2D eigenvalue weighted by Crippen LogP contribution is -2.43. The van der Waals surface area contributed by atoms with Gasteiger partial charge in [0.15, 0.2) is 5.78 Å². The van der Waals surface area contributed by atoms with Crippen molar-refractivity contribution in [3.63, 3.8) is 0 Å². The van der Waals surface area contributed by atoms with Crippen molar-refractivity contribution in [2.45, 2.75) is 39.5 Å². The number of Topliss-reactive ketones (excluding diaryl/α,β-unsaturated/α-hetero) is 1. The van der Waals surface area contributed by atoms with E-state index in [1.165, 1.54) is 12.1 Å². The normalized spacial score (nSPS) is 19.5. The van der Waals surface area contributed by atoms with Gasteiger partial charge in [-0.1, -0.05) is 37.6 Å². The number of nitro benzene ring substituents is 1. The van der Waals surface area contributed by atoms with Crippen LogP contribution in [0, 0.1) is 15.5 Å². The molecule has 0 aromatic heterocycles. The summed E-state index contributed by atoms with van der Waals surface area (Å²) in [6.45, 7) is 5.83. The Bertz CT molecular complexity index is 1260. The van der Waals surface area contributed by atoms with Crippen LogP contribution >= 0.6 is 11.6 Å². The Hall–Kier alpha value is -3.65. The number of allylic oxidation sites excluding steroid dienone is 2. The highest BCUT2D eigenvalue weighted by atomic mass is 35.5. The average molecular weight is 496 g/mol. The van der Waals surface area contributed by atoms with Gasteiger partial charge >= 0.3 is 5.97 Å². The summed E-state index contributed by atoms with van der Waals surface area (Å²) in [5.41, 5.74) is 8.77. The largest absolute Gasteiger partial charge is 0.463 e. The number of carbonyl (C=O) groups is 2. The number of nitrogens with two attached hydrogens (primary N) is 1. The molecule has 0 amide bonds. The molecule has 0 saturated carbocycles. The lowest BCUT2D eigenvalue weighted by atomic mass is 9.68. The van der Waals surface area contributed by atoms with Crippen molar-refractivity contribution in [3.8, 4) is 0 Å². The number of halogens is 1. The molecule has 0 bridgehead atoms. The first-order chi connectivity index (χ1) is 16.5. The van der Waals surface area contributed by atoms with Crippen molar-refractivity contribution in [1.82, 2.24) is 0 Å². The number of ketones is 1. The van der Waals surface area contributed by atoms with Crippen molar-refractivity contribution in [3.05, 3.63) is 91.9 Å². The Balaban J connectivity index is 2.00. The minimum atomic E-state index is -0.723. The molecule has 0 radical (unpaired) electrons. The third kappa shape index (κ3) is 4.53. The molecule has 1 unspecified atom stereocenters. The van der Waals surface area contributed by atoms with Crippen molar-refractivity contribution in [2.24, 2.45) is 11.1 Å². The summed E-state index contributed by atoms with van der Waals surface area (Å²) in [6, 6.07) is 12.8. The van der Waals surface area contributed by atoms with E-state index >= 15 is 0 Å². The van der Waals surface area contributed by atoms with E-state index in [2.05, 4.69) is 0 Å². The summed E-state index contributed by atoms with van der Waals surface area (Å²) < 4.78 is 5.37. The van der Waals surface area contributed by atoms with Crippen molar-refractivity contribution >= 4 is 34.7 Å². The monoisotopic (exact) mass is 495 g/mol. The van der Waals surface area contributed by atoms with E-state index in [-0.39, 0.29) is 34.9 Å². The fraction of sp³-hybridized carbons (Fsp3) is 0.308. The zero-order valence-electron chi connectivity index (χ0n) is 19.7. The van der Waals surface area contributed by atoms with Crippen molar-refractivity contribution in [1.29, 1.82) is 0 Å². The first-order valence-corrected chi connectivity index (χ1v) is 11.6. The molecular formula is C26H26ClN3O5. The third-order valence-electron chi connectivity index (χ3n) is 6.28. The predicted molar refractivity (Wildman–Crippen MR) is 133 cm³/mol. The second-order valence-corrected chi connectivity index (χ2v) is 9.85. The van der Waals surface area contributed by atoms with E-state index < -0.39 is 16.8 Å². The number of non-ortho nitro benzene ring substituents is 1. The van der Waals surface area contributed by atoms with Crippen molar-refractivity contribution < 1.29 is 19.2 Å². The van der Waals surface area contributed by atoms with Crippen LogP contribution in [-0.4, -0.2) is 23.3 Å². The molecule has 9 heteroatoms. The number of benzene rings is 2. The third-order valence-corrected chi connectivity index (χ3v) is 6.53. The highest BCUT2D eigenvalue weighted by molar-refractivity contribution is 6.30. The van der Waals surface area contributed by atoms with E-state index in [0.717, 1.165) is 0 Å². The summed E-state index contributed by atoms with van der Waals surface area (Å²) >= 11 is 6.11. The molecule has 2 aromatic carbocycles. The SMILES string of the molecule is CCOC(=O)C1=C(N)N(c2ccc([N+](=O)[O-])cc2)C2=C(C(=O)CC(C)(C)C2)C1c1ccc(Cl)cc1. The van der Waals surface area contributed by atoms with E-state index in [4.69, 9.17) is 22.1 Å². The average Bonchev–Trinajstić information content (AvgIpc) is 2.78. The summed E-state index contributed by atoms with van der Waals surface area (Å²) in [5, 5.41) is 11.7. The molecule has 182 valence electrons. The first-order valence-electron chi connectivity index (χ1n) is 11.3. The number of hydrogen-bond donors (Lipinski definition) is 1. The maximum absolute atomic E-state index is 13.6. The highest BCUT2D eigenvalue weighted by Crippen LogP contribution is 2.50. The van der Waals surface area contributed by atoms with Gasteiger partial charge in [-0.25, -0.2) is 4.79 Å². The Kier molecular flexibility index (Phi) is 6.42. The van der Waals surface area contributed by atoms with E-state index in [9.17, 15) is 19.7 Å². The zero-order chi connectivity index (χ0) is 25.5. The second-order valence-electron chi connectivity index (χ2n) is 9.41. The molecule has 0 saturated heterocycles. The summed E-state index contributed by atoms with van der Waals surface area (Å²) in [6.07, 6.45) is 0.825. The quantitative estimate of drug-likeness (QED) is 0.343. The maximum atomic E-state index is 13.6. The number of rotatable bonds is 5. The number of nitro groups is 1. The summed E-state index contributed by atoms with van der Waals surface area (Å²) in [7, 11) is 0. The van der Waals surface area contributed by atoms with Crippen LogP contribution in [0.25, 0.3) is 0 Å². The molecular weight excluding hydrogens is 470 g/mol. The van der Waals surface area contributed by atoms with Gasteiger partial charge in [-0.2, -0.15) is 0 Å². The molecule has 2 aromatic rings. The van der Waals surface area contributed by atoms with Gasteiger partial charge in [-0.15, -0.1) is 0 Å². The van der Waals surface area contributed by atoms with Crippen LogP contribution in [0.5, 0.6) is 0 Å². The van der Waals surface area contributed by atoms with Gasteiger partial charge in [0.1, 0.15) is 5.82 Å². The minimum absolute atomic E-state index is 0.0766. The fourth-order valence-corrected chi connectivity index (χ4v) is 4.95. The van der Waals surface area contributed by atoms with E-state index in [0.29, 0.717) is 40.4 Å². The van der Waals surface area contributed by atoms with Gasteiger partial charge in [-0.05, 0) is 48.6 Å².